The Kier molecular flexibility index (Phi) is 5.74. The number of rotatable bonds is 5. The predicted molar refractivity (Wildman–Crippen MR) is 97.4 cm³/mol. The van der Waals surface area contributed by atoms with Crippen LogP contribution in [0, 0.1) is 0 Å². The molecule has 0 radical (unpaired) electrons. The Morgan fingerprint density at radius 3 is 2.38 bits per heavy atom. The van der Waals surface area contributed by atoms with E-state index in [1.807, 2.05) is 0 Å². The van der Waals surface area contributed by atoms with E-state index in [4.69, 9.17) is 0 Å². The average molecular weight is 410 g/mol. The smallest absolute Gasteiger partial charge is 0.276 e. The second-order valence-corrected chi connectivity index (χ2v) is 7.58. The Labute approximate surface area is 149 Å². The summed E-state index contributed by atoms with van der Waals surface area (Å²) in [7, 11) is -3.74. The summed E-state index contributed by atoms with van der Waals surface area (Å²) in [6.07, 6.45) is 0. The van der Waals surface area contributed by atoms with Crippen LogP contribution in [0.15, 0.2) is 63.0 Å². The zero-order valence-electron chi connectivity index (χ0n) is 13.1. The highest BCUT2D eigenvalue weighted by atomic mass is 79.9. The summed E-state index contributed by atoms with van der Waals surface area (Å²) in [6, 6.07) is 13.2. The number of carbonyl (C=O) groups is 1. The normalized spacial score (nSPS) is 11.9. The second kappa shape index (κ2) is 7.59. The fraction of sp³-hybridized carbons (Fsp3) is 0.125. The highest BCUT2D eigenvalue weighted by molar-refractivity contribution is 9.10. The number of nitrogens with one attached hydrogen (secondary N) is 2. The molecule has 126 valence electrons. The van der Waals surface area contributed by atoms with Crippen LogP contribution in [0.25, 0.3) is 0 Å². The summed E-state index contributed by atoms with van der Waals surface area (Å²) in [6.45, 7) is 3.09. The van der Waals surface area contributed by atoms with E-state index in [0.29, 0.717) is 17.0 Å². The molecule has 2 aromatic rings. The monoisotopic (exact) mass is 409 g/mol. The molecular weight excluding hydrogens is 394 g/mol. The summed E-state index contributed by atoms with van der Waals surface area (Å²) in [5, 5.41) is 6.61. The first-order valence-electron chi connectivity index (χ1n) is 6.97. The van der Waals surface area contributed by atoms with Crippen molar-refractivity contribution in [2.75, 3.05) is 5.32 Å². The van der Waals surface area contributed by atoms with E-state index >= 15 is 0 Å². The van der Waals surface area contributed by atoms with Crippen LogP contribution in [0.3, 0.4) is 0 Å². The molecule has 24 heavy (non-hydrogen) atoms. The SMILES string of the molecule is CC(=O)Nc1cccc(/C(C)=N\NS(=O)(=O)c2ccc(Br)cc2)c1. The highest BCUT2D eigenvalue weighted by Gasteiger charge is 2.12. The van der Waals surface area contributed by atoms with Crippen LogP contribution >= 0.6 is 15.9 Å². The molecule has 8 heteroatoms. The molecule has 0 saturated carbocycles. The van der Waals surface area contributed by atoms with Crippen molar-refractivity contribution in [3.63, 3.8) is 0 Å². The van der Waals surface area contributed by atoms with Gasteiger partial charge in [-0.2, -0.15) is 18.4 Å². The molecule has 2 rings (SSSR count). The number of sulfonamides is 1. The first-order valence-corrected chi connectivity index (χ1v) is 9.25. The van der Waals surface area contributed by atoms with E-state index in [1.54, 1.807) is 43.3 Å². The van der Waals surface area contributed by atoms with Gasteiger partial charge in [0.1, 0.15) is 0 Å². The van der Waals surface area contributed by atoms with Crippen molar-refractivity contribution in [3.8, 4) is 0 Å². The van der Waals surface area contributed by atoms with Crippen LogP contribution < -0.4 is 10.1 Å². The maximum Gasteiger partial charge on any atom is 0.276 e. The van der Waals surface area contributed by atoms with E-state index in [9.17, 15) is 13.2 Å². The van der Waals surface area contributed by atoms with Crippen LogP contribution in [-0.4, -0.2) is 20.0 Å². The van der Waals surface area contributed by atoms with Crippen molar-refractivity contribution in [2.24, 2.45) is 5.10 Å². The third-order valence-corrected chi connectivity index (χ3v) is 4.81. The number of amides is 1. The van der Waals surface area contributed by atoms with Crippen molar-refractivity contribution >= 4 is 43.3 Å². The molecule has 0 unspecified atom stereocenters. The lowest BCUT2D eigenvalue weighted by Gasteiger charge is -2.07. The minimum absolute atomic E-state index is 0.120. The number of hydrazone groups is 1. The largest absolute Gasteiger partial charge is 0.326 e. The summed E-state index contributed by atoms with van der Waals surface area (Å²) < 4.78 is 25.2. The molecule has 0 aliphatic rings. The minimum Gasteiger partial charge on any atom is -0.326 e. The van der Waals surface area contributed by atoms with E-state index in [0.717, 1.165) is 4.47 Å². The number of benzene rings is 2. The number of carbonyl (C=O) groups excluding carboxylic acids is 1. The van der Waals surface area contributed by atoms with Gasteiger partial charge in [0.25, 0.3) is 10.0 Å². The van der Waals surface area contributed by atoms with Gasteiger partial charge in [0.15, 0.2) is 0 Å². The van der Waals surface area contributed by atoms with Gasteiger partial charge in [-0.1, -0.05) is 28.1 Å². The van der Waals surface area contributed by atoms with Crippen LogP contribution in [-0.2, 0) is 14.8 Å². The van der Waals surface area contributed by atoms with Crippen molar-refractivity contribution in [1.29, 1.82) is 0 Å². The molecule has 0 aromatic heterocycles. The van der Waals surface area contributed by atoms with Gasteiger partial charge in [0.2, 0.25) is 5.91 Å². The van der Waals surface area contributed by atoms with Crippen molar-refractivity contribution in [3.05, 3.63) is 58.6 Å². The van der Waals surface area contributed by atoms with Gasteiger partial charge in [0, 0.05) is 17.1 Å². The first kappa shape index (κ1) is 18.2. The van der Waals surface area contributed by atoms with Gasteiger partial charge in [0.05, 0.1) is 10.6 Å². The molecule has 1 amide bonds. The van der Waals surface area contributed by atoms with Gasteiger partial charge in [-0.15, -0.1) is 0 Å². The Morgan fingerprint density at radius 2 is 1.75 bits per heavy atom. The molecule has 2 N–H and O–H groups in total. The zero-order chi connectivity index (χ0) is 17.7. The quantitative estimate of drug-likeness (QED) is 0.587. The lowest BCUT2D eigenvalue weighted by Crippen LogP contribution is -2.20. The van der Waals surface area contributed by atoms with Crippen LogP contribution in [0.2, 0.25) is 0 Å². The minimum atomic E-state index is -3.74. The molecule has 0 bridgehead atoms. The van der Waals surface area contributed by atoms with E-state index < -0.39 is 10.0 Å². The lowest BCUT2D eigenvalue weighted by atomic mass is 10.1. The van der Waals surface area contributed by atoms with Crippen LogP contribution in [0.4, 0.5) is 5.69 Å². The first-order chi connectivity index (χ1) is 11.3. The molecule has 0 aliphatic carbocycles. The Hall–Kier alpha value is -2.19. The summed E-state index contributed by atoms with van der Waals surface area (Å²) in [4.78, 5) is 13.4. The van der Waals surface area contributed by atoms with E-state index in [1.165, 1.54) is 19.1 Å². The fourth-order valence-corrected chi connectivity index (χ4v) is 3.01. The number of hydrogen-bond acceptors (Lipinski definition) is 4. The van der Waals surface area contributed by atoms with Gasteiger partial charge in [-0.05, 0) is 48.9 Å². The summed E-state index contributed by atoms with van der Waals surface area (Å²) >= 11 is 3.26. The molecule has 2 aromatic carbocycles. The Balaban J connectivity index is 2.19. The second-order valence-electron chi connectivity index (χ2n) is 5.01. The maximum absolute atomic E-state index is 12.2. The molecule has 0 fully saturated rings. The van der Waals surface area contributed by atoms with Gasteiger partial charge < -0.3 is 5.32 Å². The Bertz CT molecular complexity index is 878. The lowest BCUT2D eigenvalue weighted by molar-refractivity contribution is -0.114. The zero-order valence-corrected chi connectivity index (χ0v) is 15.5. The molecule has 6 nitrogen and oxygen atoms in total. The van der Waals surface area contributed by atoms with Crippen LogP contribution in [0.5, 0.6) is 0 Å². The topological polar surface area (TPSA) is 87.6 Å². The molecule has 0 saturated heterocycles. The highest BCUT2D eigenvalue weighted by Crippen LogP contribution is 2.15. The molecule has 0 aliphatic heterocycles. The van der Waals surface area contributed by atoms with Crippen LogP contribution in [0.1, 0.15) is 19.4 Å². The molecule has 0 spiro atoms. The number of halogens is 1. The summed E-state index contributed by atoms with van der Waals surface area (Å²) in [5.41, 5.74) is 1.79. The number of hydrogen-bond donors (Lipinski definition) is 2. The fourth-order valence-electron chi connectivity index (χ4n) is 1.88. The third kappa shape index (κ3) is 4.90. The maximum atomic E-state index is 12.2. The van der Waals surface area contributed by atoms with Gasteiger partial charge in [-0.25, -0.2) is 0 Å². The van der Waals surface area contributed by atoms with Crippen molar-refractivity contribution in [2.45, 2.75) is 18.7 Å². The third-order valence-electron chi connectivity index (χ3n) is 3.06. The molecule has 0 atom stereocenters. The molecule has 0 heterocycles. The average Bonchev–Trinajstić information content (AvgIpc) is 2.53. The van der Waals surface area contributed by atoms with Crippen molar-refractivity contribution in [1.82, 2.24) is 4.83 Å². The Morgan fingerprint density at radius 1 is 1.08 bits per heavy atom. The van der Waals surface area contributed by atoms with E-state index in [2.05, 4.69) is 31.2 Å². The summed E-state index contributed by atoms with van der Waals surface area (Å²) in [5.74, 6) is -0.183. The predicted octanol–water partition coefficient (Wildman–Crippen LogP) is 3.11. The molecular formula is C16H16BrN3O3S. The van der Waals surface area contributed by atoms with Crippen molar-refractivity contribution < 1.29 is 13.2 Å². The number of nitrogens with zero attached hydrogens (tertiary/aromatic N) is 1. The number of anilines is 1. The standard InChI is InChI=1S/C16H16BrN3O3S/c1-11(13-4-3-5-15(10-13)18-12(2)21)19-20-24(22,23)16-8-6-14(17)7-9-16/h3-10,20H,1-2H3,(H,18,21)/b19-11-. The van der Waals surface area contributed by atoms with Gasteiger partial charge >= 0.3 is 0 Å². The van der Waals surface area contributed by atoms with Gasteiger partial charge in [-0.3, -0.25) is 4.79 Å². The van der Waals surface area contributed by atoms with E-state index in [-0.39, 0.29) is 10.8 Å².